The van der Waals surface area contributed by atoms with Crippen molar-refractivity contribution < 1.29 is 9.53 Å². The summed E-state index contributed by atoms with van der Waals surface area (Å²) in [4.78, 5) is 23.8. The Balaban J connectivity index is 0.00000261. The summed E-state index contributed by atoms with van der Waals surface area (Å²) < 4.78 is 5.35. The topological polar surface area (TPSA) is 72.4 Å². The molecule has 4 aliphatic heterocycles. The van der Waals surface area contributed by atoms with E-state index in [1.165, 1.54) is 26.2 Å². The summed E-state index contributed by atoms with van der Waals surface area (Å²) in [6.45, 7) is 14.1. The van der Waals surface area contributed by atoms with Gasteiger partial charge in [-0.05, 0) is 27.2 Å². The number of rotatable bonds is 3. The largest absolute Gasteiger partial charge is 0.444 e. The van der Waals surface area contributed by atoms with Gasteiger partial charge in [0.2, 0.25) is 0 Å². The van der Waals surface area contributed by atoms with E-state index in [1.807, 2.05) is 27.8 Å². The lowest BCUT2D eigenvalue weighted by Crippen LogP contribution is -2.64. The SMILES string of the molecule is CN=C(NCC1CN2CCN1CC2)N1CCC(NC(=O)OC(C)(C)C)C1.I. The lowest BCUT2D eigenvalue weighted by Gasteiger charge is -2.47. The van der Waals surface area contributed by atoms with E-state index in [-0.39, 0.29) is 36.1 Å². The molecule has 2 unspecified atom stereocenters. The normalized spacial score (nSPS) is 30.7. The minimum atomic E-state index is -0.468. The maximum Gasteiger partial charge on any atom is 0.407 e. The number of hydrogen-bond acceptors (Lipinski definition) is 5. The van der Waals surface area contributed by atoms with Crippen LogP contribution in [0.2, 0.25) is 0 Å². The molecular formula is C18H35IN6O2. The van der Waals surface area contributed by atoms with Crippen molar-refractivity contribution in [1.29, 1.82) is 0 Å². The summed E-state index contributed by atoms with van der Waals surface area (Å²) in [6, 6.07) is 0.663. The highest BCUT2D eigenvalue weighted by Crippen LogP contribution is 2.16. The number of nitrogens with one attached hydrogen (secondary N) is 2. The van der Waals surface area contributed by atoms with Crippen LogP contribution < -0.4 is 10.6 Å². The molecule has 0 saturated carbocycles. The van der Waals surface area contributed by atoms with Crippen LogP contribution in [0.15, 0.2) is 4.99 Å². The zero-order chi connectivity index (χ0) is 18.7. The summed E-state index contributed by atoms with van der Waals surface area (Å²) in [7, 11) is 1.83. The number of fused-ring (bicyclic) bond motifs is 3. The number of guanidine groups is 1. The molecule has 0 aromatic heterocycles. The number of alkyl carbamates (subject to hydrolysis) is 1. The Kier molecular flexibility index (Phi) is 7.99. The lowest BCUT2D eigenvalue weighted by atomic mass is 10.1. The number of amides is 1. The van der Waals surface area contributed by atoms with E-state index in [0.717, 1.165) is 38.6 Å². The zero-order valence-electron chi connectivity index (χ0n) is 17.0. The number of likely N-dealkylation sites (tertiary alicyclic amines) is 1. The van der Waals surface area contributed by atoms with Crippen molar-refractivity contribution >= 4 is 36.0 Å². The number of nitrogens with zero attached hydrogens (tertiary/aromatic N) is 4. The Morgan fingerprint density at radius 2 is 1.85 bits per heavy atom. The van der Waals surface area contributed by atoms with Crippen molar-refractivity contribution in [2.45, 2.75) is 44.9 Å². The Hall–Kier alpha value is -0.810. The van der Waals surface area contributed by atoms with Crippen LogP contribution >= 0.6 is 24.0 Å². The molecule has 27 heavy (non-hydrogen) atoms. The predicted octanol–water partition coefficient (Wildman–Crippen LogP) is 0.779. The van der Waals surface area contributed by atoms with E-state index in [4.69, 9.17) is 4.74 Å². The van der Waals surface area contributed by atoms with Gasteiger partial charge in [-0.25, -0.2) is 4.79 Å². The number of ether oxygens (including phenoxy) is 1. The summed E-state index contributed by atoms with van der Waals surface area (Å²) >= 11 is 0. The second kappa shape index (κ2) is 9.60. The maximum atomic E-state index is 12.0. The van der Waals surface area contributed by atoms with Gasteiger partial charge in [-0.3, -0.25) is 14.8 Å². The molecular weight excluding hydrogens is 459 g/mol. The molecule has 4 heterocycles. The number of carbonyl (C=O) groups excluding carboxylic acids is 1. The number of carbonyl (C=O) groups is 1. The molecule has 0 radical (unpaired) electrons. The average Bonchev–Trinajstić information content (AvgIpc) is 3.03. The van der Waals surface area contributed by atoms with Crippen molar-refractivity contribution in [3.05, 3.63) is 0 Å². The van der Waals surface area contributed by atoms with Gasteiger partial charge in [0.05, 0.1) is 6.04 Å². The predicted molar refractivity (Wildman–Crippen MR) is 118 cm³/mol. The average molecular weight is 494 g/mol. The van der Waals surface area contributed by atoms with E-state index < -0.39 is 5.60 Å². The standard InChI is InChI=1S/C18H34N6O2.HI/c1-18(2,3)26-17(25)21-14-5-6-24(12-14)16(19-4)20-11-15-13-22-7-9-23(15)10-8-22;/h14-15H,5-13H2,1-4H3,(H,19,20)(H,21,25);1H. The first-order valence-electron chi connectivity index (χ1n) is 9.75. The van der Waals surface area contributed by atoms with Crippen LogP contribution in [0.4, 0.5) is 4.79 Å². The van der Waals surface area contributed by atoms with Crippen LogP contribution in [0.25, 0.3) is 0 Å². The molecule has 0 aliphatic carbocycles. The third-order valence-electron chi connectivity index (χ3n) is 5.31. The van der Waals surface area contributed by atoms with Crippen molar-refractivity contribution in [2.75, 3.05) is 59.4 Å². The maximum absolute atomic E-state index is 12.0. The third-order valence-corrected chi connectivity index (χ3v) is 5.31. The number of piperazine rings is 3. The van der Waals surface area contributed by atoms with Gasteiger partial charge in [0.1, 0.15) is 5.60 Å². The monoisotopic (exact) mass is 494 g/mol. The van der Waals surface area contributed by atoms with Crippen LogP contribution in [0.1, 0.15) is 27.2 Å². The molecule has 1 amide bonds. The lowest BCUT2D eigenvalue weighted by molar-refractivity contribution is 0.0152. The fourth-order valence-corrected chi connectivity index (χ4v) is 4.00. The summed E-state index contributed by atoms with van der Waals surface area (Å²) in [5.74, 6) is 0.927. The first-order chi connectivity index (χ1) is 12.3. The van der Waals surface area contributed by atoms with E-state index in [0.29, 0.717) is 6.04 Å². The Labute approximate surface area is 180 Å². The Bertz CT molecular complexity index is 530. The highest BCUT2D eigenvalue weighted by Gasteiger charge is 2.33. The van der Waals surface area contributed by atoms with Crippen LogP contribution in [-0.2, 0) is 4.74 Å². The molecule has 4 fully saturated rings. The molecule has 4 aliphatic rings. The quantitative estimate of drug-likeness (QED) is 0.344. The zero-order valence-corrected chi connectivity index (χ0v) is 19.4. The minimum Gasteiger partial charge on any atom is -0.444 e. The fraction of sp³-hybridized carbons (Fsp3) is 0.889. The minimum absolute atomic E-state index is 0. The van der Waals surface area contributed by atoms with E-state index in [1.54, 1.807) is 0 Å². The number of aliphatic imine (C=N–C) groups is 1. The highest BCUT2D eigenvalue weighted by atomic mass is 127. The van der Waals surface area contributed by atoms with Gasteiger partial charge in [-0.15, -0.1) is 24.0 Å². The van der Waals surface area contributed by atoms with Crippen molar-refractivity contribution in [3.63, 3.8) is 0 Å². The van der Waals surface area contributed by atoms with Gasteiger partial charge < -0.3 is 20.3 Å². The van der Waals surface area contributed by atoms with Gasteiger partial charge in [0.25, 0.3) is 0 Å². The summed E-state index contributed by atoms with van der Waals surface area (Å²) in [5, 5.41) is 6.51. The molecule has 8 nitrogen and oxygen atoms in total. The molecule has 2 bridgehead atoms. The van der Waals surface area contributed by atoms with Gasteiger partial charge in [0.15, 0.2) is 5.96 Å². The molecule has 4 saturated heterocycles. The van der Waals surface area contributed by atoms with Gasteiger partial charge in [-0.2, -0.15) is 0 Å². The number of halogens is 1. The summed E-state index contributed by atoms with van der Waals surface area (Å²) in [6.07, 6.45) is 0.566. The first kappa shape index (κ1) is 22.5. The second-order valence-corrected chi connectivity index (χ2v) is 8.50. The van der Waals surface area contributed by atoms with Gasteiger partial charge in [0, 0.05) is 65.4 Å². The fourth-order valence-electron chi connectivity index (χ4n) is 4.00. The van der Waals surface area contributed by atoms with Crippen LogP contribution in [0.5, 0.6) is 0 Å². The molecule has 0 aromatic rings. The van der Waals surface area contributed by atoms with Crippen molar-refractivity contribution in [2.24, 2.45) is 4.99 Å². The van der Waals surface area contributed by atoms with Crippen molar-refractivity contribution in [3.8, 4) is 0 Å². The molecule has 9 heteroatoms. The van der Waals surface area contributed by atoms with Crippen molar-refractivity contribution in [1.82, 2.24) is 25.3 Å². The third kappa shape index (κ3) is 6.35. The van der Waals surface area contributed by atoms with E-state index >= 15 is 0 Å². The molecule has 2 atom stereocenters. The van der Waals surface area contributed by atoms with Crippen LogP contribution in [0.3, 0.4) is 0 Å². The summed E-state index contributed by atoms with van der Waals surface area (Å²) in [5.41, 5.74) is -0.468. The Morgan fingerprint density at radius 3 is 2.41 bits per heavy atom. The van der Waals surface area contributed by atoms with Crippen LogP contribution in [0, 0.1) is 0 Å². The second-order valence-electron chi connectivity index (χ2n) is 8.50. The van der Waals surface area contributed by atoms with Gasteiger partial charge in [-0.1, -0.05) is 0 Å². The highest BCUT2D eigenvalue weighted by molar-refractivity contribution is 14.0. The van der Waals surface area contributed by atoms with E-state index in [9.17, 15) is 4.79 Å². The van der Waals surface area contributed by atoms with E-state index in [2.05, 4.69) is 30.3 Å². The molecule has 156 valence electrons. The molecule has 4 rings (SSSR count). The molecule has 0 spiro atoms. The molecule has 0 aromatic carbocycles. The van der Waals surface area contributed by atoms with Gasteiger partial charge >= 0.3 is 6.09 Å². The molecule has 2 N–H and O–H groups in total. The first-order valence-corrected chi connectivity index (χ1v) is 9.75. The Morgan fingerprint density at radius 1 is 1.15 bits per heavy atom. The number of hydrogen-bond donors (Lipinski definition) is 2. The van der Waals surface area contributed by atoms with Crippen LogP contribution in [-0.4, -0.2) is 104 Å². The smallest absolute Gasteiger partial charge is 0.407 e.